The molecule has 0 aliphatic heterocycles. The molecule has 0 spiro atoms. The number of methoxy groups -OCH3 is 1. The third kappa shape index (κ3) is 1.82. The molecule has 3 aromatic rings. The van der Waals surface area contributed by atoms with E-state index in [1.807, 2.05) is 25.1 Å². The van der Waals surface area contributed by atoms with Crippen molar-refractivity contribution in [2.75, 3.05) is 7.11 Å². The Morgan fingerprint density at radius 2 is 2.11 bits per heavy atom. The Kier molecular flexibility index (Phi) is 2.64. The Bertz CT molecular complexity index is 857. The van der Waals surface area contributed by atoms with Gasteiger partial charge in [0, 0.05) is 20.3 Å². The van der Waals surface area contributed by atoms with Crippen LogP contribution in [0.2, 0.25) is 0 Å². The van der Waals surface area contributed by atoms with Crippen molar-refractivity contribution in [1.82, 2.24) is 0 Å². The molecular weight excluding hydrogens is 264 g/mol. The first-order valence-corrected chi connectivity index (χ1v) is 6.47. The van der Waals surface area contributed by atoms with Crippen molar-refractivity contribution in [1.29, 1.82) is 0 Å². The van der Waals surface area contributed by atoms with Crippen LogP contribution in [0.1, 0.15) is 15.2 Å². The number of carbonyl (C=O) groups is 1. The zero-order chi connectivity index (χ0) is 13.6. The summed E-state index contributed by atoms with van der Waals surface area (Å²) in [4.78, 5) is 24.4. The molecule has 0 saturated heterocycles. The predicted octanol–water partition coefficient (Wildman–Crippen LogP) is 3.10. The zero-order valence-corrected chi connectivity index (χ0v) is 11.2. The molecule has 0 aliphatic rings. The fourth-order valence-electron chi connectivity index (χ4n) is 2.07. The molecule has 0 saturated carbocycles. The molecule has 0 fully saturated rings. The lowest BCUT2D eigenvalue weighted by atomic mass is 10.1. The minimum atomic E-state index is -0.683. The minimum absolute atomic E-state index is 0.0821. The van der Waals surface area contributed by atoms with Gasteiger partial charge in [0.05, 0.1) is 7.11 Å². The fourth-order valence-corrected chi connectivity index (χ4v) is 2.99. The van der Waals surface area contributed by atoms with Gasteiger partial charge < -0.3 is 9.15 Å². The normalized spacial score (nSPS) is 11.1. The number of ether oxygens (including phenoxy) is 1. The Morgan fingerprint density at radius 1 is 1.32 bits per heavy atom. The molecule has 0 amide bonds. The van der Waals surface area contributed by atoms with Gasteiger partial charge in [0.15, 0.2) is 0 Å². The quantitative estimate of drug-likeness (QED) is 0.505. The van der Waals surface area contributed by atoms with Gasteiger partial charge in [-0.1, -0.05) is 0 Å². The summed E-state index contributed by atoms with van der Waals surface area (Å²) in [7, 11) is 1.23. The smallest absolute Gasteiger partial charge is 0.351 e. The van der Waals surface area contributed by atoms with Crippen LogP contribution in [0.3, 0.4) is 0 Å². The van der Waals surface area contributed by atoms with Crippen molar-refractivity contribution >= 4 is 38.4 Å². The van der Waals surface area contributed by atoms with E-state index < -0.39 is 11.6 Å². The summed E-state index contributed by atoms with van der Waals surface area (Å²) < 4.78 is 10.9. The van der Waals surface area contributed by atoms with Crippen molar-refractivity contribution in [3.05, 3.63) is 45.1 Å². The molecule has 4 nitrogen and oxygen atoms in total. The summed E-state index contributed by atoms with van der Waals surface area (Å²) in [6.07, 6.45) is 0. The summed E-state index contributed by atoms with van der Waals surface area (Å²) in [5, 5.41) is 1.61. The number of carbonyl (C=O) groups excluding carboxylic acids is 1. The Hall–Kier alpha value is -2.14. The lowest BCUT2D eigenvalue weighted by molar-refractivity contribution is 0.0596. The van der Waals surface area contributed by atoms with Crippen molar-refractivity contribution in [2.45, 2.75) is 6.92 Å². The van der Waals surface area contributed by atoms with E-state index in [1.54, 1.807) is 11.3 Å². The maximum absolute atomic E-state index is 11.8. The molecule has 19 heavy (non-hydrogen) atoms. The van der Waals surface area contributed by atoms with Crippen LogP contribution in [0, 0.1) is 6.92 Å². The van der Waals surface area contributed by atoms with Crippen LogP contribution in [0.5, 0.6) is 0 Å². The van der Waals surface area contributed by atoms with Crippen LogP contribution in [0.4, 0.5) is 0 Å². The molecule has 3 rings (SSSR count). The number of rotatable bonds is 1. The summed E-state index contributed by atoms with van der Waals surface area (Å²) in [6, 6.07) is 7.28. The van der Waals surface area contributed by atoms with Gasteiger partial charge in [0.1, 0.15) is 11.1 Å². The lowest BCUT2D eigenvalue weighted by Gasteiger charge is -2.01. The molecule has 1 aromatic carbocycles. The lowest BCUT2D eigenvalue weighted by Crippen LogP contribution is -2.14. The molecule has 96 valence electrons. The number of thiophene rings is 1. The molecule has 0 radical (unpaired) electrons. The van der Waals surface area contributed by atoms with E-state index in [-0.39, 0.29) is 5.56 Å². The van der Waals surface area contributed by atoms with Crippen LogP contribution in [0.25, 0.3) is 21.1 Å². The van der Waals surface area contributed by atoms with Crippen molar-refractivity contribution in [3.63, 3.8) is 0 Å². The van der Waals surface area contributed by atoms with E-state index in [0.29, 0.717) is 11.0 Å². The van der Waals surface area contributed by atoms with E-state index in [2.05, 4.69) is 4.74 Å². The average Bonchev–Trinajstić information content (AvgIpc) is 2.78. The average molecular weight is 274 g/mol. The number of hydrogen-bond acceptors (Lipinski definition) is 5. The highest BCUT2D eigenvalue weighted by Gasteiger charge is 2.15. The van der Waals surface area contributed by atoms with Crippen molar-refractivity contribution in [3.8, 4) is 0 Å². The maximum Gasteiger partial charge on any atom is 0.351 e. The number of benzene rings is 1. The molecule has 2 aromatic heterocycles. The highest BCUT2D eigenvalue weighted by atomic mass is 32.1. The number of fused-ring (bicyclic) bond motifs is 3. The Balaban J connectivity index is 2.40. The Morgan fingerprint density at radius 3 is 2.84 bits per heavy atom. The first-order valence-electron chi connectivity index (χ1n) is 5.65. The largest absolute Gasteiger partial charge is 0.465 e. The second kappa shape index (κ2) is 4.20. The molecule has 0 atom stereocenters. The number of hydrogen-bond donors (Lipinski definition) is 0. The molecule has 5 heteroatoms. The monoisotopic (exact) mass is 274 g/mol. The maximum atomic E-state index is 11.8. The van der Waals surface area contributed by atoms with Crippen molar-refractivity contribution < 1.29 is 13.9 Å². The number of aryl methyl sites for hydroxylation is 1. The van der Waals surface area contributed by atoms with Gasteiger partial charge in [-0.25, -0.2) is 9.59 Å². The third-order valence-corrected chi connectivity index (χ3v) is 3.94. The third-order valence-electron chi connectivity index (χ3n) is 2.92. The van der Waals surface area contributed by atoms with Crippen LogP contribution in [0.15, 0.2) is 33.5 Å². The van der Waals surface area contributed by atoms with Crippen LogP contribution >= 0.6 is 11.3 Å². The Labute approximate surface area is 112 Å². The molecular formula is C14H10O4S. The highest BCUT2D eigenvalue weighted by Crippen LogP contribution is 2.31. The van der Waals surface area contributed by atoms with Crippen LogP contribution in [-0.4, -0.2) is 13.1 Å². The fraction of sp³-hybridized carbons (Fsp3) is 0.143. The molecule has 0 aliphatic carbocycles. The molecule has 2 heterocycles. The van der Waals surface area contributed by atoms with Crippen LogP contribution in [-0.2, 0) is 4.74 Å². The first-order chi connectivity index (χ1) is 9.10. The molecule has 0 N–H and O–H groups in total. The summed E-state index contributed by atoms with van der Waals surface area (Å²) in [5.41, 5.74) is -0.239. The van der Waals surface area contributed by atoms with Crippen LogP contribution < -0.4 is 5.63 Å². The minimum Gasteiger partial charge on any atom is -0.465 e. The van der Waals surface area contributed by atoms with Gasteiger partial charge in [-0.05, 0) is 31.2 Å². The number of esters is 1. The SMILES string of the molecule is COC(=O)c1cc2ccc3sc(C)cc3c2oc1=O. The molecule has 0 unspecified atom stereocenters. The van der Waals surface area contributed by atoms with Gasteiger partial charge in [-0.15, -0.1) is 11.3 Å². The zero-order valence-electron chi connectivity index (χ0n) is 10.4. The van der Waals surface area contributed by atoms with E-state index in [9.17, 15) is 9.59 Å². The first kappa shape index (κ1) is 11.9. The summed E-state index contributed by atoms with van der Waals surface area (Å²) in [6.45, 7) is 2.00. The van der Waals surface area contributed by atoms with E-state index in [4.69, 9.17) is 4.42 Å². The van der Waals surface area contributed by atoms with E-state index >= 15 is 0 Å². The van der Waals surface area contributed by atoms with E-state index in [1.165, 1.54) is 13.2 Å². The van der Waals surface area contributed by atoms with E-state index in [0.717, 1.165) is 15.0 Å². The highest BCUT2D eigenvalue weighted by molar-refractivity contribution is 7.19. The van der Waals surface area contributed by atoms with Crippen molar-refractivity contribution in [2.24, 2.45) is 0 Å². The summed E-state index contributed by atoms with van der Waals surface area (Å²) in [5.74, 6) is -0.683. The second-order valence-corrected chi connectivity index (χ2v) is 5.48. The van der Waals surface area contributed by atoms with Gasteiger partial charge in [0.25, 0.3) is 0 Å². The van der Waals surface area contributed by atoms with Gasteiger partial charge >= 0.3 is 11.6 Å². The second-order valence-electron chi connectivity index (χ2n) is 4.19. The van der Waals surface area contributed by atoms with Gasteiger partial charge in [-0.3, -0.25) is 0 Å². The predicted molar refractivity (Wildman–Crippen MR) is 73.9 cm³/mol. The standard InChI is InChI=1S/C14H10O4S/c1-7-5-9-11(19-7)4-3-8-6-10(13(15)17-2)14(16)18-12(8)9/h3-6H,1-2H3. The van der Waals surface area contributed by atoms with Gasteiger partial charge in [0.2, 0.25) is 0 Å². The summed E-state index contributed by atoms with van der Waals surface area (Å²) >= 11 is 1.63. The van der Waals surface area contributed by atoms with Gasteiger partial charge in [-0.2, -0.15) is 0 Å². The topological polar surface area (TPSA) is 56.5 Å². The molecule has 0 bridgehead atoms.